The number of aliphatic carboxylic acids is 1. The van der Waals surface area contributed by atoms with Crippen LogP contribution in [0.5, 0.6) is 0 Å². The molecular weight excluding hydrogens is 142 g/mol. The van der Waals surface area contributed by atoms with E-state index in [-0.39, 0.29) is 6.54 Å². The summed E-state index contributed by atoms with van der Waals surface area (Å²) >= 11 is 0. The third-order valence-electron chi connectivity index (χ3n) is 1.26. The number of carbonyl (C=O) groups excluding carboxylic acids is 1. The highest BCUT2D eigenvalue weighted by Gasteiger charge is 2.02. The van der Waals surface area contributed by atoms with Crippen molar-refractivity contribution in [3.63, 3.8) is 0 Å². The number of carboxylic acid groups (broad SMARTS) is 1. The minimum atomic E-state index is -1.04. The maximum Gasteiger partial charge on any atom is 0.118 e. The quantitative estimate of drug-likeness (QED) is 0.451. The van der Waals surface area contributed by atoms with Crippen molar-refractivity contribution in [2.45, 2.75) is 0 Å². The summed E-state index contributed by atoms with van der Waals surface area (Å²) in [4.78, 5) is 11.0. The van der Waals surface area contributed by atoms with Gasteiger partial charge in [0.25, 0.3) is 0 Å². The summed E-state index contributed by atoms with van der Waals surface area (Å²) in [5, 5.41) is 10.2. The molecule has 0 aromatic rings. The fraction of sp³-hybridized carbons (Fsp3) is 0.375. The second kappa shape index (κ2) is 5.68. The van der Waals surface area contributed by atoms with E-state index in [0.717, 1.165) is 4.90 Å². The van der Waals surface area contributed by atoms with E-state index in [2.05, 4.69) is 13.2 Å². The van der Waals surface area contributed by atoms with Gasteiger partial charge in [-0.1, -0.05) is 13.2 Å². The van der Waals surface area contributed by atoms with Gasteiger partial charge in [0.2, 0.25) is 0 Å². The Morgan fingerprint density at radius 2 is 1.82 bits per heavy atom. The molecule has 0 aromatic heterocycles. The molecule has 0 bridgehead atoms. The zero-order valence-electron chi connectivity index (χ0n) is 6.51. The zero-order valence-corrected chi connectivity index (χ0v) is 6.51. The number of hydrogen-bond donors (Lipinski definition) is 1. The molecular formula is C8H13NO2. The highest BCUT2D eigenvalue weighted by molar-refractivity contribution is 5.65. The van der Waals surface area contributed by atoms with Gasteiger partial charge in [-0.2, -0.15) is 0 Å². The Balaban J connectivity index is 3.76. The van der Waals surface area contributed by atoms with Crippen LogP contribution in [0.25, 0.3) is 0 Å². The van der Waals surface area contributed by atoms with Gasteiger partial charge in [-0.15, -0.1) is 0 Å². The van der Waals surface area contributed by atoms with Crippen molar-refractivity contribution in [3.05, 3.63) is 25.3 Å². The Morgan fingerprint density at radius 1 is 1.36 bits per heavy atom. The Kier molecular flexibility index (Phi) is 5.11. The van der Waals surface area contributed by atoms with Gasteiger partial charge in [0.15, 0.2) is 0 Å². The molecule has 11 heavy (non-hydrogen) atoms. The van der Waals surface area contributed by atoms with E-state index < -0.39 is 5.97 Å². The molecule has 0 rings (SSSR count). The van der Waals surface area contributed by atoms with Gasteiger partial charge in [0, 0.05) is 0 Å². The first-order valence-corrected chi connectivity index (χ1v) is 3.46. The number of carboxylic acids is 1. The van der Waals surface area contributed by atoms with Crippen molar-refractivity contribution in [1.29, 1.82) is 0 Å². The summed E-state index contributed by atoms with van der Waals surface area (Å²) < 4.78 is 0. The predicted molar refractivity (Wildman–Crippen MR) is 41.0 cm³/mol. The minimum absolute atomic E-state index is 0.0119. The molecule has 0 saturated heterocycles. The van der Waals surface area contributed by atoms with Crippen LogP contribution in [0, 0.1) is 0 Å². The molecule has 3 nitrogen and oxygen atoms in total. The maximum absolute atomic E-state index is 10.2. The van der Waals surface area contributed by atoms with E-state index in [1.54, 1.807) is 12.2 Å². The lowest BCUT2D eigenvalue weighted by Gasteiger charge is -2.15. The SMILES string of the molecule is C=CC[NH+](CC=C)CC(=O)[O-]. The molecule has 0 atom stereocenters. The van der Waals surface area contributed by atoms with Gasteiger partial charge in [-0.3, -0.25) is 0 Å². The van der Waals surface area contributed by atoms with Crippen LogP contribution in [-0.4, -0.2) is 25.6 Å². The lowest BCUT2D eigenvalue weighted by molar-refractivity contribution is -0.882. The molecule has 0 spiro atoms. The van der Waals surface area contributed by atoms with Crippen molar-refractivity contribution in [2.24, 2.45) is 0 Å². The number of hydrogen-bond acceptors (Lipinski definition) is 2. The minimum Gasteiger partial charge on any atom is -0.544 e. The van der Waals surface area contributed by atoms with Gasteiger partial charge in [-0.25, -0.2) is 0 Å². The lowest BCUT2D eigenvalue weighted by atomic mass is 10.4. The summed E-state index contributed by atoms with van der Waals surface area (Å²) in [5.41, 5.74) is 0. The summed E-state index contributed by atoms with van der Waals surface area (Å²) in [5.74, 6) is -1.04. The lowest BCUT2D eigenvalue weighted by Crippen LogP contribution is -3.13. The summed E-state index contributed by atoms with van der Waals surface area (Å²) in [7, 11) is 0. The summed E-state index contributed by atoms with van der Waals surface area (Å²) in [6, 6.07) is 0. The number of nitrogens with one attached hydrogen (secondary N) is 1. The van der Waals surface area contributed by atoms with Gasteiger partial charge in [0.1, 0.15) is 6.54 Å². The highest BCUT2D eigenvalue weighted by atomic mass is 16.4. The Bertz CT molecular complexity index is 144. The molecule has 0 amide bonds. The fourth-order valence-corrected chi connectivity index (χ4v) is 0.840. The third kappa shape index (κ3) is 5.36. The highest BCUT2D eigenvalue weighted by Crippen LogP contribution is 1.57. The van der Waals surface area contributed by atoms with Crippen molar-refractivity contribution >= 4 is 5.97 Å². The number of quaternary nitrogens is 1. The molecule has 0 saturated carbocycles. The smallest absolute Gasteiger partial charge is 0.118 e. The number of carbonyl (C=O) groups is 1. The molecule has 0 aliphatic heterocycles. The van der Waals surface area contributed by atoms with E-state index in [9.17, 15) is 9.90 Å². The van der Waals surface area contributed by atoms with Crippen molar-refractivity contribution in [2.75, 3.05) is 19.6 Å². The average Bonchev–Trinajstić information content (AvgIpc) is 1.87. The van der Waals surface area contributed by atoms with E-state index in [4.69, 9.17) is 0 Å². The normalized spacial score (nSPS) is 9.55. The first kappa shape index (κ1) is 9.91. The van der Waals surface area contributed by atoms with Crippen molar-refractivity contribution in [3.8, 4) is 0 Å². The summed E-state index contributed by atoms with van der Waals surface area (Å²) in [6.45, 7) is 8.31. The van der Waals surface area contributed by atoms with Crippen LogP contribution in [0.2, 0.25) is 0 Å². The monoisotopic (exact) mass is 155 g/mol. The summed E-state index contributed by atoms with van der Waals surface area (Å²) in [6.07, 6.45) is 3.36. The van der Waals surface area contributed by atoms with Gasteiger partial charge in [0.05, 0.1) is 19.1 Å². The predicted octanol–water partition coefficient (Wildman–Crippen LogP) is -2.01. The molecule has 0 heterocycles. The topological polar surface area (TPSA) is 44.6 Å². The van der Waals surface area contributed by atoms with Crippen LogP contribution in [0.4, 0.5) is 0 Å². The Hall–Kier alpha value is -1.09. The molecule has 1 N–H and O–H groups in total. The van der Waals surface area contributed by atoms with Crippen molar-refractivity contribution in [1.82, 2.24) is 0 Å². The second-order valence-electron chi connectivity index (χ2n) is 2.28. The van der Waals surface area contributed by atoms with Crippen molar-refractivity contribution < 1.29 is 14.8 Å². The average molecular weight is 155 g/mol. The van der Waals surface area contributed by atoms with E-state index in [0.29, 0.717) is 13.1 Å². The van der Waals surface area contributed by atoms with Crippen LogP contribution in [0.15, 0.2) is 25.3 Å². The standard InChI is InChI=1S/C8H13NO2/c1-3-5-9(6-4-2)7-8(10)11/h3-4H,1-2,5-7H2,(H,10,11). The first-order valence-electron chi connectivity index (χ1n) is 3.46. The second-order valence-corrected chi connectivity index (χ2v) is 2.28. The molecule has 0 fully saturated rings. The molecule has 0 aliphatic rings. The molecule has 0 aromatic carbocycles. The Morgan fingerprint density at radius 3 is 2.09 bits per heavy atom. The van der Waals surface area contributed by atoms with Crippen LogP contribution in [-0.2, 0) is 4.79 Å². The Labute approximate surface area is 66.6 Å². The van der Waals surface area contributed by atoms with E-state index in [1.165, 1.54) is 0 Å². The van der Waals surface area contributed by atoms with Crippen LogP contribution in [0.1, 0.15) is 0 Å². The van der Waals surface area contributed by atoms with Crippen LogP contribution in [0.3, 0.4) is 0 Å². The fourth-order valence-electron chi connectivity index (χ4n) is 0.840. The largest absolute Gasteiger partial charge is 0.544 e. The first-order chi connectivity index (χ1) is 5.20. The molecule has 0 aliphatic carbocycles. The number of rotatable bonds is 6. The van der Waals surface area contributed by atoms with E-state index >= 15 is 0 Å². The zero-order chi connectivity index (χ0) is 8.69. The third-order valence-corrected chi connectivity index (χ3v) is 1.26. The van der Waals surface area contributed by atoms with Crippen LogP contribution >= 0.6 is 0 Å². The van der Waals surface area contributed by atoms with Gasteiger partial charge >= 0.3 is 0 Å². The molecule has 62 valence electrons. The van der Waals surface area contributed by atoms with Gasteiger partial charge < -0.3 is 14.8 Å². The van der Waals surface area contributed by atoms with Crippen LogP contribution < -0.4 is 10.0 Å². The van der Waals surface area contributed by atoms with Gasteiger partial charge in [-0.05, 0) is 12.2 Å². The molecule has 3 heteroatoms. The molecule has 0 unspecified atom stereocenters. The van der Waals surface area contributed by atoms with E-state index in [1.807, 2.05) is 0 Å². The maximum atomic E-state index is 10.2. The molecule has 0 radical (unpaired) electrons.